The zero-order valence-electron chi connectivity index (χ0n) is 17.6. The highest BCUT2D eigenvalue weighted by Crippen LogP contribution is 2.31. The van der Waals surface area contributed by atoms with Gasteiger partial charge in [0.05, 0.1) is 25.8 Å². The lowest BCUT2D eigenvalue weighted by molar-refractivity contribution is -0.159. The Hall–Kier alpha value is -3.30. The Kier molecular flexibility index (Phi) is 14.8. The summed E-state index contributed by atoms with van der Waals surface area (Å²) in [7, 11) is 1.56. The van der Waals surface area contributed by atoms with Crippen LogP contribution in [0.5, 0.6) is 11.5 Å². The van der Waals surface area contributed by atoms with Gasteiger partial charge in [0.15, 0.2) is 11.5 Å². The highest BCUT2D eigenvalue weighted by molar-refractivity contribution is 6.27. The molecule has 10 heteroatoms. The molecule has 0 atom stereocenters. The quantitative estimate of drug-likeness (QED) is 0.200. The van der Waals surface area contributed by atoms with Crippen LogP contribution in [0.25, 0.3) is 0 Å². The van der Waals surface area contributed by atoms with Gasteiger partial charge in [-0.25, -0.2) is 9.59 Å². The molecule has 0 unspecified atom stereocenters. The van der Waals surface area contributed by atoms with Crippen molar-refractivity contribution in [3.05, 3.63) is 23.8 Å². The Labute approximate surface area is 175 Å². The second-order valence-corrected chi connectivity index (χ2v) is 5.82. The topological polar surface area (TPSA) is 144 Å². The lowest BCUT2D eigenvalue weighted by Gasteiger charge is -2.14. The molecule has 168 valence electrons. The highest BCUT2D eigenvalue weighted by Gasteiger charge is 2.16. The van der Waals surface area contributed by atoms with Crippen LogP contribution >= 0.6 is 0 Å². The Morgan fingerprint density at radius 1 is 1.10 bits per heavy atom. The number of methoxy groups -OCH3 is 1. The zero-order chi connectivity index (χ0) is 22.8. The number of amides is 1. The van der Waals surface area contributed by atoms with Gasteiger partial charge in [-0.05, 0) is 25.0 Å². The number of oxime groups is 1. The van der Waals surface area contributed by atoms with E-state index in [1.54, 1.807) is 31.5 Å². The van der Waals surface area contributed by atoms with E-state index in [2.05, 4.69) is 24.3 Å². The van der Waals surface area contributed by atoms with E-state index >= 15 is 0 Å². The summed E-state index contributed by atoms with van der Waals surface area (Å²) >= 11 is 0. The van der Waals surface area contributed by atoms with Gasteiger partial charge in [-0.3, -0.25) is 4.79 Å². The van der Waals surface area contributed by atoms with Crippen molar-refractivity contribution in [1.29, 1.82) is 0 Å². The van der Waals surface area contributed by atoms with Gasteiger partial charge in [0.2, 0.25) is 0 Å². The molecule has 0 aliphatic carbocycles. The number of ether oxygens (including phenoxy) is 2. The molecule has 3 N–H and O–H groups in total. The Bertz CT molecular complexity index is 679. The van der Waals surface area contributed by atoms with Gasteiger partial charge in [-0.2, -0.15) is 0 Å². The molecule has 1 amide bonds. The van der Waals surface area contributed by atoms with Crippen LogP contribution in [-0.2, 0) is 14.4 Å². The van der Waals surface area contributed by atoms with E-state index in [9.17, 15) is 4.79 Å². The number of unbranched alkanes of at least 4 members (excludes halogenated alkanes) is 2. The van der Waals surface area contributed by atoms with Gasteiger partial charge in [0, 0.05) is 6.21 Å². The molecule has 1 aromatic rings. The summed E-state index contributed by atoms with van der Waals surface area (Å²) in [5.74, 6) is -2.83. The van der Waals surface area contributed by atoms with Crippen LogP contribution in [0.1, 0.15) is 49.9 Å². The molecule has 10 nitrogen and oxygen atoms in total. The van der Waals surface area contributed by atoms with Crippen molar-refractivity contribution in [2.24, 2.45) is 5.16 Å². The number of nitrogens with zero attached hydrogens (tertiary/aromatic N) is 1. The normalized spacial score (nSPS) is 9.97. The van der Waals surface area contributed by atoms with E-state index in [1.807, 2.05) is 0 Å². The largest absolute Gasteiger partial charge is 0.493 e. The number of para-hydroxylation sites is 1. The number of benzene rings is 1. The fourth-order valence-electron chi connectivity index (χ4n) is 1.92. The van der Waals surface area contributed by atoms with E-state index in [-0.39, 0.29) is 5.91 Å². The van der Waals surface area contributed by atoms with E-state index in [1.165, 1.54) is 0 Å². The number of carboxylic acid groups (broad SMARTS) is 2. The molecule has 0 heterocycles. The van der Waals surface area contributed by atoms with Crippen molar-refractivity contribution < 1.29 is 38.9 Å². The third-order valence-electron chi connectivity index (χ3n) is 3.42. The lowest BCUT2D eigenvalue weighted by atomic mass is 10.1. The molecule has 0 radical (unpaired) electrons. The number of aliphatic carboxylic acids is 2. The molecule has 0 bridgehead atoms. The van der Waals surface area contributed by atoms with Gasteiger partial charge in [0.25, 0.3) is 5.91 Å². The predicted molar refractivity (Wildman–Crippen MR) is 110 cm³/mol. The maximum Gasteiger partial charge on any atom is 0.414 e. The van der Waals surface area contributed by atoms with Crippen molar-refractivity contribution in [3.8, 4) is 11.5 Å². The van der Waals surface area contributed by atoms with Crippen LogP contribution in [0.4, 0.5) is 0 Å². The molecule has 0 saturated carbocycles. The third-order valence-corrected chi connectivity index (χ3v) is 3.42. The average molecular weight is 426 g/mol. The van der Waals surface area contributed by atoms with Crippen LogP contribution in [-0.4, -0.2) is 61.1 Å². The van der Waals surface area contributed by atoms with Crippen molar-refractivity contribution >= 4 is 24.1 Å². The maximum absolute atomic E-state index is 12.4. The second-order valence-electron chi connectivity index (χ2n) is 5.82. The summed E-state index contributed by atoms with van der Waals surface area (Å²) in [4.78, 5) is 35.6. The molecule has 0 aromatic heterocycles. The Balaban J connectivity index is 0.00000122. The van der Waals surface area contributed by atoms with Crippen LogP contribution in [0.3, 0.4) is 0 Å². The molecule has 0 spiro atoms. The molecule has 0 fully saturated rings. The standard InChI is InChI=1S/C18H28N2O4.C2H2O4/c1-4-6-11-20-24-14-12-19-18(21)15-9-8-10-16(22-3)17(15)23-13-7-5-2;3-1(4)2(5)6/h8-11H,4-7,12-14H2,1-3H3,(H,19,21);(H,3,4)(H,5,6)/b20-11-;. The SMILES string of the molecule is CCC/C=N\OCCNC(=O)c1cccc(OC)c1OCCCC.O=C(O)C(=O)O. The van der Waals surface area contributed by atoms with Crippen molar-refractivity contribution in [2.75, 3.05) is 26.9 Å². The van der Waals surface area contributed by atoms with E-state index in [4.69, 9.17) is 34.1 Å². The first-order valence-electron chi connectivity index (χ1n) is 9.56. The molecule has 1 aromatic carbocycles. The van der Waals surface area contributed by atoms with Crippen LogP contribution in [0.15, 0.2) is 23.4 Å². The summed E-state index contributed by atoms with van der Waals surface area (Å²) in [6.07, 6.45) is 5.58. The molecular weight excluding hydrogens is 396 g/mol. The van der Waals surface area contributed by atoms with Crippen molar-refractivity contribution in [2.45, 2.75) is 39.5 Å². The Morgan fingerprint density at radius 3 is 2.37 bits per heavy atom. The molecule has 0 aliphatic heterocycles. The fourth-order valence-corrected chi connectivity index (χ4v) is 1.92. The summed E-state index contributed by atoms with van der Waals surface area (Å²) in [5.41, 5.74) is 0.458. The number of nitrogens with one attached hydrogen (secondary N) is 1. The van der Waals surface area contributed by atoms with Crippen molar-refractivity contribution in [1.82, 2.24) is 5.32 Å². The van der Waals surface area contributed by atoms with Gasteiger partial charge < -0.3 is 29.8 Å². The molecule has 0 saturated heterocycles. The van der Waals surface area contributed by atoms with Gasteiger partial charge >= 0.3 is 11.9 Å². The van der Waals surface area contributed by atoms with E-state index in [0.29, 0.717) is 36.8 Å². The van der Waals surface area contributed by atoms with E-state index in [0.717, 1.165) is 25.7 Å². The lowest BCUT2D eigenvalue weighted by Crippen LogP contribution is -2.27. The minimum absolute atomic E-state index is 0.221. The van der Waals surface area contributed by atoms with Crippen LogP contribution in [0, 0.1) is 0 Å². The third kappa shape index (κ3) is 11.5. The minimum Gasteiger partial charge on any atom is -0.493 e. The first-order valence-corrected chi connectivity index (χ1v) is 9.56. The summed E-state index contributed by atoms with van der Waals surface area (Å²) < 4.78 is 11.1. The maximum atomic E-state index is 12.4. The second kappa shape index (κ2) is 16.6. The minimum atomic E-state index is -1.82. The monoisotopic (exact) mass is 426 g/mol. The van der Waals surface area contributed by atoms with Crippen molar-refractivity contribution in [3.63, 3.8) is 0 Å². The van der Waals surface area contributed by atoms with Crippen LogP contribution in [0.2, 0.25) is 0 Å². The number of carbonyl (C=O) groups is 3. The van der Waals surface area contributed by atoms with Crippen LogP contribution < -0.4 is 14.8 Å². The summed E-state index contributed by atoms with van der Waals surface area (Å²) in [6.45, 7) is 5.39. The summed E-state index contributed by atoms with van der Waals surface area (Å²) in [5, 5.41) is 21.4. The highest BCUT2D eigenvalue weighted by atomic mass is 16.6. The fraction of sp³-hybridized carbons (Fsp3) is 0.500. The Morgan fingerprint density at radius 2 is 1.80 bits per heavy atom. The number of hydrogen-bond donors (Lipinski definition) is 3. The zero-order valence-corrected chi connectivity index (χ0v) is 17.6. The average Bonchev–Trinajstić information content (AvgIpc) is 2.73. The molecule has 0 aliphatic rings. The summed E-state index contributed by atoms with van der Waals surface area (Å²) in [6, 6.07) is 5.27. The number of carbonyl (C=O) groups excluding carboxylic acids is 1. The van der Waals surface area contributed by atoms with Gasteiger partial charge in [0.1, 0.15) is 6.61 Å². The molecule has 1 rings (SSSR count). The van der Waals surface area contributed by atoms with Gasteiger partial charge in [-0.1, -0.05) is 37.9 Å². The number of carboxylic acids is 2. The van der Waals surface area contributed by atoms with E-state index < -0.39 is 11.9 Å². The first kappa shape index (κ1) is 26.7. The van der Waals surface area contributed by atoms with Gasteiger partial charge in [-0.15, -0.1) is 0 Å². The number of rotatable bonds is 12. The predicted octanol–water partition coefficient (Wildman–Crippen LogP) is 2.56. The molecule has 30 heavy (non-hydrogen) atoms. The first-order chi connectivity index (χ1) is 14.4. The number of hydrogen-bond acceptors (Lipinski definition) is 7. The smallest absolute Gasteiger partial charge is 0.414 e. The molecular formula is C20H30N2O8.